The van der Waals surface area contributed by atoms with Gasteiger partial charge in [0, 0.05) is 11.6 Å². The molecule has 1 N–H and O–H groups in total. The van der Waals surface area contributed by atoms with E-state index < -0.39 is 0 Å². The van der Waals surface area contributed by atoms with Gasteiger partial charge in [-0.2, -0.15) is 0 Å². The molecule has 0 radical (unpaired) electrons. The summed E-state index contributed by atoms with van der Waals surface area (Å²) in [6.07, 6.45) is 6.41. The molecule has 1 aliphatic rings. The lowest BCUT2D eigenvalue weighted by Crippen LogP contribution is -2.37. The van der Waals surface area contributed by atoms with Gasteiger partial charge >= 0.3 is 0 Å². The molecule has 0 aliphatic heterocycles. The molecule has 0 spiro atoms. The zero-order chi connectivity index (χ0) is 21.1. The number of nitrogens with zero attached hydrogens (tertiary/aromatic N) is 2. The molecule has 1 saturated carbocycles. The predicted molar refractivity (Wildman–Crippen MR) is 120 cm³/mol. The summed E-state index contributed by atoms with van der Waals surface area (Å²) in [5.41, 5.74) is 2.47. The Morgan fingerprint density at radius 2 is 1.77 bits per heavy atom. The van der Waals surface area contributed by atoms with Crippen molar-refractivity contribution in [1.29, 1.82) is 0 Å². The number of carbonyl (C=O) groups excluding carboxylic acids is 1. The molecule has 156 valence electrons. The second kappa shape index (κ2) is 8.82. The quantitative estimate of drug-likeness (QED) is 0.650. The maximum Gasteiger partial charge on any atom is 0.258 e. The van der Waals surface area contributed by atoms with E-state index in [2.05, 4.69) is 22.1 Å². The molecular formula is C25H29N3O2. The number of benzene rings is 2. The summed E-state index contributed by atoms with van der Waals surface area (Å²) >= 11 is 0. The smallest absolute Gasteiger partial charge is 0.258 e. The normalized spacial score (nSPS) is 14.9. The first-order valence-electron chi connectivity index (χ1n) is 10.9. The number of hydrogen-bond donors (Lipinski definition) is 1. The van der Waals surface area contributed by atoms with Crippen LogP contribution < -0.4 is 5.56 Å². The Morgan fingerprint density at radius 3 is 2.47 bits per heavy atom. The third kappa shape index (κ3) is 4.30. The van der Waals surface area contributed by atoms with Crippen molar-refractivity contribution in [3.63, 3.8) is 0 Å². The lowest BCUT2D eigenvalue weighted by Gasteiger charge is -2.27. The topological polar surface area (TPSA) is 66.1 Å². The number of hydrogen-bond acceptors (Lipinski definition) is 3. The van der Waals surface area contributed by atoms with Crippen molar-refractivity contribution in [3.8, 4) is 0 Å². The molecule has 1 heterocycles. The van der Waals surface area contributed by atoms with Crippen molar-refractivity contribution in [2.24, 2.45) is 0 Å². The number of nitrogens with one attached hydrogen (secondary N) is 1. The first-order chi connectivity index (χ1) is 14.5. The van der Waals surface area contributed by atoms with E-state index in [0.717, 1.165) is 0 Å². The van der Waals surface area contributed by atoms with E-state index in [0.29, 0.717) is 28.2 Å². The summed E-state index contributed by atoms with van der Waals surface area (Å²) in [6, 6.07) is 15.3. The number of fused-ring (bicyclic) bond motifs is 1. The molecule has 3 aromatic rings. The largest absolute Gasteiger partial charge is 0.329 e. The summed E-state index contributed by atoms with van der Waals surface area (Å²) in [6.45, 7) is 4.22. The van der Waals surface area contributed by atoms with Crippen LogP contribution in [-0.4, -0.2) is 26.8 Å². The van der Waals surface area contributed by atoms with Gasteiger partial charge in [0.15, 0.2) is 0 Å². The lowest BCUT2D eigenvalue weighted by molar-refractivity contribution is 0.0685. The first kappa shape index (κ1) is 20.3. The van der Waals surface area contributed by atoms with E-state index >= 15 is 0 Å². The molecule has 1 amide bonds. The Morgan fingerprint density at radius 1 is 1.07 bits per heavy atom. The van der Waals surface area contributed by atoms with Crippen LogP contribution in [0.25, 0.3) is 10.9 Å². The van der Waals surface area contributed by atoms with Crippen LogP contribution in [-0.2, 0) is 6.54 Å². The summed E-state index contributed by atoms with van der Waals surface area (Å²) in [7, 11) is 0. The summed E-state index contributed by atoms with van der Waals surface area (Å²) < 4.78 is 0. The lowest BCUT2D eigenvalue weighted by atomic mass is 9.84. The minimum Gasteiger partial charge on any atom is -0.329 e. The molecule has 5 heteroatoms. The van der Waals surface area contributed by atoms with E-state index in [9.17, 15) is 9.59 Å². The van der Waals surface area contributed by atoms with Crippen molar-refractivity contribution >= 4 is 16.8 Å². The van der Waals surface area contributed by atoms with Crippen LogP contribution in [0.4, 0.5) is 0 Å². The van der Waals surface area contributed by atoms with Crippen LogP contribution >= 0.6 is 0 Å². The number of aromatic amines is 1. The number of H-pyrrole nitrogens is 1. The fourth-order valence-electron chi connectivity index (χ4n) is 4.36. The highest BCUT2D eigenvalue weighted by Crippen LogP contribution is 2.32. The van der Waals surface area contributed by atoms with E-state index in [1.54, 1.807) is 11.0 Å². The SMILES string of the molecule is CC(C)N(Cc1nc2ccccc2c(=O)[nH]1)C(=O)c1ccc(C2CCCCC2)cc1. The Kier molecular flexibility index (Phi) is 5.98. The van der Waals surface area contributed by atoms with Gasteiger partial charge in [-0.3, -0.25) is 9.59 Å². The van der Waals surface area contributed by atoms with E-state index in [4.69, 9.17) is 0 Å². The molecule has 0 saturated heterocycles. The van der Waals surface area contributed by atoms with Gasteiger partial charge in [-0.25, -0.2) is 4.98 Å². The van der Waals surface area contributed by atoms with Gasteiger partial charge in [-0.1, -0.05) is 43.5 Å². The van der Waals surface area contributed by atoms with Crippen molar-refractivity contribution in [3.05, 3.63) is 75.8 Å². The third-order valence-corrected chi connectivity index (χ3v) is 6.10. The monoisotopic (exact) mass is 403 g/mol. The molecule has 4 rings (SSSR count). The average Bonchev–Trinajstić information content (AvgIpc) is 2.77. The predicted octanol–water partition coefficient (Wildman–Crippen LogP) is 5.02. The Hall–Kier alpha value is -2.95. The highest BCUT2D eigenvalue weighted by atomic mass is 16.2. The zero-order valence-electron chi connectivity index (χ0n) is 17.7. The third-order valence-electron chi connectivity index (χ3n) is 6.10. The van der Waals surface area contributed by atoms with Crippen LogP contribution in [0.15, 0.2) is 53.3 Å². The van der Waals surface area contributed by atoms with Crippen LogP contribution in [0.3, 0.4) is 0 Å². The molecule has 1 aromatic heterocycles. The number of carbonyl (C=O) groups is 1. The second-order valence-electron chi connectivity index (χ2n) is 8.51. The molecule has 1 fully saturated rings. The van der Waals surface area contributed by atoms with Gasteiger partial charge in [-0.05, 0) is 62.4 Å². The van der Waals surface area contributed by atoms with Gasteiger partial charge < -0.3 is 9.88 Å². The Bertz CT molecular complexity index is 1080. The molecule has 0 unspecified atom stereocenters. The first-order valence-corrected chi connectivity index (χ1v) is 10.9. The Labute approximate surface area is 177 Å². The number of amides is 1. The highest BCUT2D eigenvalue weighted by Gasteiger charge is 2.21. The summed E-state index contributed by atoms with van der Waals surface area (Å²) in [4.78, 5) is 34.8. The molecule has 0 atom stereocenters. The molecule has 5 nitrogen and oxygen atoms in total. The van der Waals surface area contributed by atoms with Crippen LogP contribution in [0.1, 0.15) is 73.6 Å². The van der Waals surface area contributed by atoms with Crippen molar-refractivity contribution < 1.29 is 4.79 Å². The maximum atomic E-state index is 13.2. The van der Waals surface area contributed by atoms with Gasteiger partial charge in [0.25, 0.3) is 11.5 Å². The minimum absolute atomic E-state index is 0.0210. The number of aromatic nitrogens is 2. The van der Waals surface area contributed by atoms with Gasteiger partial charge in [0.05, 0.1) is 17.4 Å². The van der Waals surface area contributed by atoms with E-state index in [-0.39, 0.29) is 24.1 Å². The van der Waals surface area contributed by atoms with E-state index in [1.807, 2.05) is 44.2 Å². The minimum atomic E-state index is -0.177. The van der Waals surface area contributed by atoms with Crippen molar-refractivity contribution in [1.82, 2.24) is 14.9 Å². The van der Waals surface area contributed by atoms with Gasteiger partial charge in [-0.15, -0.1) is 0 Å². The maximum absolute atomic E-state index is 13.2. The van der Waals surface area contributed by atoms with Gasteiger partial charge in [0.2, 0.25) is 0 Å². The number of rotatable bonds is 5. The van der Waals surface area contributed by atoms with Crippen LogP contribution in [0.2, 0.25) is 0 Å². The van der Waals surface area contributed by atoms with Gasteiger partial charge in [0.1, 0.15) is 5.82 Å². The molecular weight excluding hydrogens is 374 g/mol. The Balaban J connectivity index is 1.55. The zero-order valence-corrected chi connectivity index (χ0v) is 17.7. The number of para-hydroxylation sites is 1. The molecule has 0 bridgehead atoms. The fraction of sp³-hybridized carbons (Fsp3) is 0.400. The standard InChI is InChI=1S/C25H29N3O2/c1-17(2)28(16-23-26-22-11-7-6-10-21(22)24(29)27-23)25(30)20-14-12-19(13-15-20)18-8-4-3-5-9-18/h6-7,10-15,17-18H,3-5,8-9,16H2,1-2H3,(H,26,27,29). The molecule has 2 aromatic carbocycles. The summed E-state index contributed by atoms with van der Waals surface area (Å²) in [5, 5.41) is 0.557. The highest BCUT2D eigenvalue weighted by molar-refractivity contribution is 5.94. The fourth-order valence-corrected chi connectivity index (χ4v) is 4.36. The summed E-state index contributed by atoms with van der Waals surface area (Å²) in [5.74, 6) is 1.08. The molecule has 30 heavy (non-hydrogen) atoms. The average molecular weight is 404 g/mol. The van der Waals surface area contributed by atoms with Crippen molar-refractivity contribution in [2.45, 2.75) is 64.5 Å². The second-order valence-corrected chi connectivity index (χ2v) is 8.51. The van der Waals surface area contributed by atoms with Crippen LogP contribution in [0, 0.1) is 0 Å². The van der Waals surface area contributed by atoms with Crippen molar-refractivity contribution in [2.75, 3.05) is 0 Å². The van der Waals surface area contributed by atoms with E-state index in [1.165, 1.54) is 37.7 Å². The van der Waals surface area contributed by atoms with Crippen LogP contribution in [0.5, 0.6) is 0 Å². The molecule has 1 aliphatic carbocycles.